The lowest BCUT2D eigenvalue weighted by molar-refractivity contribution is -0.394. The molecule has 0 saturated heterocycles. The number of fused-ring (bicyclic) bond motifs is 1. The van der Waals surface area contributed by atoms with E-state index in [9.17, 15) is 29.8 Å². The molecule has 0 bridgehead atoms. The summed E-state index contributed by atoms with van der Waals surface area (Å²) < 4.78 is 5.48. The van der Waals surface area contributed by atoms with Gasteiger partial charge in [-0.05, 0) is 35.9 Å². The van der Waals surface area contributed by atoms with E-state index in [0.717, 1.165) is 23.8 Å². The number of nitrogens with zero attached hydrogens (tertiary/aromatic N) is 3. The van der Waals surface area contributed by atoms with Gasteiger partial charge in [0.25, 0.3) is 23.2 Å². The highest BCUT2D eigenvalue weighted by Crippen LogP contribution is 2.36. The molecule has 0 radical (unpaired) electrons. The first-order valence-electron chi connectivity index (χ1n) is 9.78. The van der Waals surface area contributed by atoms with Crippen LogP contribution in [0.25, 0.3) is 0 Å². The number of anilines is 2. The number of rotatable bonds is 6. The van der Waals surface area contributed by atoms with E-state index in [1.165, 1.54) is 17.0 Å². The van der Waals surface area contributed by atoms with Gasteiger partial charge in [0.05, 0.1) is 33.7 Å². The van der Waals surface area contributed by atoms with Gasteiger partial charge in [0.2, 0.25) is 0 Å². The second kappa shape index (κ2) is 9.16. The van der Waals surface area contributed by atoms with Crippen molar-refractivity contribution in [1.82, 2.24) is 0 Å². The third-order valence-corrected chi connectivity index (χ3v) is 5.25. The fourth-order valence-corrected chi connectivity index (χ4v) is 3.49. The van der Waals surface area contributed by atoms with Gasteiger partial charge in [-0.15, -0.1) is 0 Å². The molecular weight excluding hydrogens is 468 g/mol. The summed E-state index contributed by atoms with van der Waals surface area (Å²) in [5, 5.41) is 25.3. The third-order valence-electron chi connectivity index (χ3n) is 5.00. The second-order valence-electron chi connectivity index (χ2n) is 7.28. The van der Waals surface area contributed by atoms with Crippen LogP contribution in [0.15, 0.2) is 60.7 Å². The van der Waals surface area contributed by atoms with Crippen molar-refractivity contribution in [3.8, 4) is 5.75 Å². The van der Waals surface area contributed by atoms with E-state index in [4.69, 9.17) is 16.3 Å². The molecule has 0 aromatic heterocycles. The summed E-state index contributed by atoms with van der Waals surface area (Å²) in [6.07, 6.45) is 0. The molecule has 0 aliphatic carbocycles. The molecule has 3 aromatic carbocycles. The Morgan fingerprint density at radius 3 is 2.26 bits per heavy atom. The molecule has 1 N–H and O–H groups in total. The molecule has 3 aromatic rings. The highest BCUT2D eigenvalue weighted by atomic mass is 35.5. The van der Waals surface area contributed by atoms with Crippen LogP contribution in [-0.4, -0.2) is 28.3 Å². The van der Waals surface area contributed by atoms with Gasteiger partial charge in [-0.3, -0.25) is 29.8 Å². The predicted molar refractivity (Wildman–Crippen MR) is 122 cm³/mol. The monoisotopic (exact) mass is 482 g/mol. The van der Waals surface area contributed by atoms with Crippen LogP contribution in [0, 0.1) is 20.2 Å². The van der Waals surface area contributed by atoms with Crippen molar-refractivity contribution < 1.29 is 24.2 Å². The number of carbonyl (C=O) groups excluding carboxylic acids is 2. The smallest absolute Gasteiger partial charge is 0.277 e. The van der Waals surface area contributed by atoms with E-state index in [1.54, 1.807) is 30.3 Å². The zero-order valence-electron chi connectivity index (χ0n) is 17.3. The SMILES string of the molecule is O=C(Nc1ccc2c(c1)N(Cc1ccc(Cl)cc1)C(=O)CO2)c1cc([N+](=O)[O-])cc([N+](=O)[O-])c1. The van der Waals surface area contributed by atoms with E-state index >= 15 is 0 Å². The Bertz CT molecular complexity index is 1300. The van der Waals surface area contributed by atoms with Gasteiger partial charge in [-0.1, -0.05) is 23.7 Å². The first-order valence-corrected chi connectivity index (χ1v) is 10.2. The van der Waals surface area contributed by atoms with Crippen molar-refractivity contribution in [3.63, 3.8) is 0 Å². The Balaban J connectivity index is 1.62. The molecule has 1 aliphatic heterocycles. The topological polar surface area (TPSA) is 145 Å². The number of nitro benzene ring substituents is 2. The van der Waals surface area contributed by atoms with Crippen LogP contribution in [-0.2, 0) is 11.3 Å². The van der Waals surface area contributed by atoms with E-state index in [1.807, 2.05) is 0 Å². The van der Waals surface area contributed by atoms with Crippen LogP contribution in [0.1, 0.15) is 15.9 Å². The molecule has 4 rings (SSSR count). The van der Waals surface area contributed by atoms with Crippen LogP contribution in [0.2, 0.25) is 5.02 Å². The summed E-state index contributed by atoms with van der Waals surface area (Å²) in [6, 6.07) is 14.3. The Morgan fingerprint density at radius 2 is 1.65 bits per heavy atom. The first kappa shape index (κ1) is 22.7. The summed E-state index contributed by atoms with van der Waals surface area (Å²) in [4.78, 5) is 47.3. The second-order valence-corrected chi connectivity index (χ2v) is 7.72. The third kappa shape index (κ3) is 4.79. The minimum atomic E-state index is -0.819. The Kier molecular flexibility index (Phi) is 6.11. The lowest BCUT2D eigenvalue weighted by Crippen LogP contribution is -2.38. The normalized spacial score (nSPS) is 12.5. The van der Waals surface area contributed by atoms with Gasteiger partial charge in [0.15, 0.2) is 6.61 Å². The van der Waals surface area contributed by atoms with Crippen LogP contribution in [0.3, 0.4) is 0 Å². The van der Waals surface area contributed by atoms with Gasteiger partial charge in [-0.25, -0.2) is 0 Å². The predicted octanol–water partition coefficient (Wildman–Crippen LogP) is 4.33. The summed E-state index contributed by atoms with van der Waals surface area (Å²) in [7, 11) is 0. The minimum Gasteiger partial charge on any atom is -0.482 e. The number of carbonyl (C=O) groups is 2. The Labute approximate surface area is 196 Å². The zero-order chi connectivity index (χ0) is 24.4. The van der Waals surface area contributed by atoms with Crippen LogP contribution >= 0.6 is 11.6 Å². The summed E-state index contributed by atoms with van der Waals surface area (Å²) in [5.41, 5.74) is 0.0649. The van der Waals surface area contributed by atoms with Gasteiger partial charge in [-0.2, -0.15) is 0 Å². The van der Waals surface area contributed by atoms with Crippen LogP contribution in [0.4, 0.5) is 22.7 Å². The highest BCUT2D eigenvalue weighted by molar-refractivity contribution is 6.30. The number of benzene rings is 3. The number of nitrogens with one attached hydrogen (secondary N) is 1. The molecule has 1 aliphatic rings. The molecular formula is C22H15ClN4O7. The molecule has 0 spiro atoms. The van der Waals surface area contributed by atoms with Crippen molar-refractivity contribution >= 4 is 46.2 Å². The molecule has 11 nitrogen and oxygen atoms in total. The fraction of sp³-hybridized carbons (Fsp3) is 0.0909. The van der Waals surface area contributed by atoms with Crippen molar-refractivity contribution in [3.05, 3.63) is 97.0 Å². The highest BCUT2D eigenvalue weighted by Gasteiger charge is 2.27. The Morgan fingerprint density at radius 1 is 1.00 bits per heavy atom. The molecule has 172 valence electrons. The zero-order valence-corrected chi connectivity index (χ0v) is 18.0. The summed E-state index contributed by atoms with van der Waals surface area (Å²) in [5.74, 6) is -0.656. The van der Waals surface area contributed by atoms with Crippen LogP contribution < -0.4 is 15.0 Å². The molecule has 0 saturated carbocycles. The number of hydrogen-bond donors (Lipinski definition) is 1. The first-order chi connectivity index (χ1) is 16.2. The molecule has 1 heterocycles. The van der Waals surface area contributed by atoms with Crippen molar-refractivity contribution in [2.75, 3.05) is 16.8 Å². The quantitative estimate of drug-likeness (QED) is 0.406. The standard InChI is InChI=1S/C22H15ClN4O7/c23-15-3-1-13(2-4-15)11-25-19-9-16(5-6-20(19)34-12-21(25)28)24-22(29)14-7-17(26(30)31)10-18(8-14)27(32)33/h1-10H,11-12H2,(H,24,29). The lowest BCUT2D eigenvalue weighted by Gasteiger charge is -2.30. The maximum absolute atomic E-state index is 12.7. The molecule has 34 heavy (non-hydrogen) atoms. The van der Waals surface area contributed by atoms with E-state index in [0.29, 0.717) is 16.5 Å². The number of amides is 2. The molecule has 2 amide bonds. The average Bonchev–Trinajstić information content (AvgIpc) is 2.81. The van der Waals surface area contributed by atoms with E-state index in [-0.39, 0.29) is 30.3 Å². The maximum Gasteiger partial charge on any atom is 0.277 e. The van der Waals surface area contributed by atoms with E-state index in [2.05, 4.69) is 5.32 Å². The largest absolute Gasteiger partial charge is 0.482 e. The number of nitro groups is 2. The van der Waals surface area contributed by atoms with E-state index < -0.39 is 27.1 Å². The van der Waals surface area contributed by atoms with Gasteiger partial charge < -0.3 is 15.0 Å². The van der Waals surface area contributed by atoms with Gasteiger partial charge in [0.1, 0.15) is 5.75 Å². The van der Waals surface area contributed by atoms with Crippen molar-refractivity contribution in [2.24, 2.45) is 0 Å². The molecule has 12 heteroatoms. The number of halogens is 1. The fourth-order valence-electron chi connectivity index (χ4n) is 3.37. The van der Waals surface area contributed by atoms with Crippen molar-refractivity contribution in [1.29, 1.82) is 0 Å². The molecule has 0 unspecified atom stereocenters. The minimum absolute atomic E-state index is 0.149. The number of ether oxygens (including phenoxy) is 1. The van der Waals surface area contributed by atoms with Crippen molar-refractivity contribution in [2.45, 2.75) is 6.54 Å². The summed E-state index contributed by atoms with van der Waals surface area (Å²) >= 11 is 5.92. The molecule has 0 fully saturated rings. The lowest BCUT2D eigenvalue weighted by atomic mass is 10.1. The average molecular weight is 483 g/mol. The van der Waals surface area contributed by atoms with Crippen LogP contribution in [0.5, 0.6) is 5.75 Å². The number of hydrogen-bond acceptors (Lipinski definition) is 7. The summed E-state index contributed by atoms with van der Waals surface area (Å²) in [6.45, 7) is 0.0878. The Hall–Kier alpha value is -4.51. The number of non-ortho nitro benzene ring substituents is 2. The molecule has 0 atom stereocenters. The van der Waals surface area contributed by atoms with Gasteiger partial charge in [0, 0.05) is 22.8 Å². The maximum atomic E-state index is 12.7. The van der Waals surface area contributed by atoms with Gasteiger partial charge >= 0.3 is 0 Å².